The summed E-state index contributed by atoms with van der Waals surface area (Å²) in [4.78, 5) is 2.37. The highest BCUT2D eigenvalue weighted by Gasteiger charge is 2.25. The third-order valence-electron chi connectivity index (χ3n) is 4.71. The van der Waals surface area contributed by atoms with Crippen molar-refractivity contribution in [2.75, 3.05) is 11.6 Å². The molecule has 2 heteroatoms. The summed E-state index contributed by atoms with van der Waals surface area (Å²) in [5.41, 5.74) is 7.59. The van der Waals surface area contributed by atoms with Crippen molar-refractivity contribution in [3.63, 3.8) is 0 Å². The lowest BCUT2D eigenvalue weighted by atomic mass is 10.1. The molecule has 0 saturated carbocycles. The standard InChI is InChI=1S/C22H21N2/c1-17-12-13-21(14-18(17)2)23-15-19-8-6-7-11-22(19)24(16-23)20-9-4-3-5-10-20/h3-15H,16H2,1-2H3/q+1. The molecule has 1 aliphatic rings. The van der Waals surface area contributed by atoms with Crippen LogP contribution in [0.1, 0.15) is 16.7 Å². The number of rotatable bonds is 2. The van der Waals surface area contributed by atoms with E-state index in [2.05, 4.69) is 102 Å². The van der Waals surface area contributed by atoms with Crippen LogP contribution >= 0.6 is 0 Å². The lowest BCUT2D eigenvalue weighted by molar-refractivity contribution is -0.434. The van der Waals surface area contributed by atoms with Crippen molar-refractivity contribution >= 4 is 23.3 Å². The lowest BCUT2D eigenvalue weighted by Gasteiger charge is -2.27. The van der Waals surface area contributed by atoms with Crippen LogP contribution in [0.3, 0.4) is 0 Å². The zero-order chi connectivity index (χ0) is 16.5. The Bertz CT molecular complexity index is 910. The van der Waals surface area contributed by atoms with E-state index in [1.807, 2.05) is 0 Å². The van der Waals surface area contributed by atoms with Crippen molar-refractivity contribution in [2.45, 2.75) is 13.8 Å². The maximum absolute atomic E-state index is 2.37. The molecule has 1 aliphatic heterocycles. The van der Waals surface area contributed by atoms with E-state index in [4.69, 9.17) is 0 Å². The first-order valence-electron chi connectivity index (χ1n) is 8.33. The van der Waals surface area contributed by atoms with E-state index in [0.717, 1.165) is 6.67 Å². The zero-order valence-electron chi connectivity index (χ0n) is 14.1. The molecule has 0 fully saturated rings. The van der Waals surface area contributed by atoms with Crippen molar-refractivity contribution in [3.05, 3.63) is 89.5 Å². The molecule has 0 amide bonds. The molecule has 0 aromatic heterocycles. The van der Waals surface area contributed by atoms with Crippen LogP contribution in [-0.2, 0) is 0 Å². The molecular weight excluding hydrogens is 292 g/mol. The SMILES string of the molecule is Cc1ccc([N+]2=Cc3ccccc3N(c3ccccc3)C2)cc1C. The fraction of sp³-hybridized carbons (Fsp3) is 0.136. The van der Waals surface area contributed by atoms with Crippen molar-refractivity contribution in [2.24, 2.45) is 0 Å². The lowest BCUT2D eigenvalue weighted by Crippen LogP contribution is -2.31. The van der Waals surface area contributed by atoms with E-state index in [1.54, 1.807) is 0 Å². The van der Waals surface area contributed by atoms with Gasteiger partial charge in [0.05, 0.1) is 11.3 Å². The molecule has 0 radical (unpaired) electrons. The van der Waals surface area contributed by atoms with E-state index < -0.39 is 0 Å². The minimum atomic E-state index is 0.809. The average Bonchev–Trinajstić information content (AvgIpc) is 2.64. The van der Waals surface area contributed by atoms with Crippen LogP contribution in [0, 0.1) is 13.8 Å². The van der Waals surface area contributed by atoms with Gasteiger partial charge in [0.15, 0.2) is 6.21 Å². The Hall–Kier alpha value is -2.87. The molecule has 1 heterocycles. The summed E-state index contributed by atoms with van der Waals surface area (Å²) < 4.78 is 2.32. The minimum Gasteiger partial charge on any atom is -0.285 e. The second-order valence-corrected chi connectivity index (χ2v) is 6.33. The van der Waals surface area contributed by atoms with Crippen LogP contribution in [0.5, 0.6) is 0 Å². The molecule has 118 valence electrons. The Morgan fingerprint density at radius 2 is 1.54 bits per heavy atom. The van der Waals surface area contributed by atoms with Gasteiger partial charge in [0.1, 0.15) is 0 Å². The van der Waals surface area contributed by atoms with Crippen molar-refractivity contribution < 1.29 is 4.58 Å². The second-order valence-electron chi connectivity index (χ2n) is 6.33. The number of nitrogens with zero attached hydrogens (tertiary/aromatic N) is 2. The average molecular weight is 313 g/mol. The molecular formula is C22H21N2+. The second kappa shape index (κ2) is 5.97. The maximum Gasteiger partial charge on any atom is 0.228 e. The molecule has 0 atom stereocenters. The molecule has 3 aromatic carbocycles. The molecule has 0 saturated heterocycles. The van der Waals surface area contributed by atoms with Gasteiger partial charge in [0.2, 0.25) is 12.4 Å². The highest BCUT2D eigenvalue weighted by molar-refractivity contribution is 5.89. The summed E-state index contributed by atoms with van der Waals surface area (Å²) in [7, 11) is 0. The van der Waals surface area contributed by atoms with Crippen molar-refractivity contribution in [3.8, 4) is 0 Å². The van der Waals surface area contributed by atoms with Gasteiger partial charge in [-0.1, -0.05) is 36.4 Å². The third-order valence-corrected chi connectivity index (χ3v) is 4.71. The van der Waals surface area contributed by atoms with Crippen LogP contribution in [-0.4, -0.2) is 17.5 Å². The number of hydrogen-bond acceptors (Lipinski definition) is 1. The predicted octanol–water partition coefficient (Wildman–Crippen LogP) is 5.18. The molecule has 0 N–H and O–H groups in total. The van der Waals surface area contributed by atoms with E-state index in [9.17, 15) is 0 Å². The summed E-state index contributed by atoms with van der Waals surface area (Å²) in [5.74, 6) is 0. The molecule has 4 rings (SSSR count). The summed E-state index contributed by atoms with van der Waals surface area (Å²) >= 11 is 0. The summed E-state index contributed by atoms with van der Waals surface area (Å²) in [5, 5.41) is 0. The largest absolute Gasteiger partial charge is 0.285 e. The monoisotopic (exact) mass is 313 g/mol. The summed E-state index contributed by atoms with van der Waals surface area (Å²) in [6.07, 6.45) is 2.25. The third kappa shape index (κ3) is 2.61. The van der Waals surface area contributed by atoms with E-state index in [-0.39, 0.29) is 0 Å². The van der Waals surface area contributed by atoms with Gasteiger partial charge in [0.25, 0.3) is 0 Å². The highest BCUT2D eigenvalue weighted by Crippen LogP contribution is 2.32. The zero-order valence-corrected chi connectivity index (χ0v) is 14.1. The Kier molecular flexibility index (Phi) is 3.66. The molecule has 0 unspecified atom stereocenters. The normalized spacial score (nSPS) is 13.4. The predicted molar refractivity (Wildman–Crippen MR) is 101 cm³/mol. The van der Waals surface area contributed by atoms with E-state index in [1.165, 1.54) is 33.8 Å². The Morgan fingerprint density at radius 3 is 2.33 bits per heavy atom. The quantitative estimate of drug-likeness (QED) is 0.591. The highest BCUT2D eigenvalue weighted by atomic mass is 15.3. The summed E-state index contributed by atoms with van der Waals surface area (Å²) in [6, 6.07) is 25.8. The van der Waals surface area contributed by atoms with Gasteiger partial charge in [0, 0.05) is 17.8 Å². The number of benzene rings is 3. The van der Waals surface area contributed by atoms with Crippen LogP contribution < -0.4 is 4.90 Å². The first-order chi connectivity index (χ1) is 11.7. The fourth-order valence-electron chi connectivity index (χ4n) is 3.17. The van der Waals surface area contributed by atoms with Gasteiger partial charge in [-0.3, -0.25) is 4.90 Å². The molecule has 0 aliphatic carbocycles. The number of fused-ring (bicyclic) bond motifs is 1. The fourth-order valence-corrected chi connectivity index (χ4v) is 3.17. The number of aryl methyl sites for hydroxylation is 2. The van der Waals surface area contributed by atoms with Crippen LogP contribution in [0.2, 0.25) is 0 Å². The van der Waals surface area contributed by atoms with Gasteiger partial charge in [-0.05, 0) is 49.2 Å². The first kappa shape index (κ1) is 14.7. The Labute approximate surface area is 143 Å². The Morgan fingerprint density at radius 1 is 0.792 bits per heavy atom. The summed E-state index contributed by atoms with van der Waals surface area (Å²) in [6.45, 7) is 5.14. The maximum atomic E-state index is 2.37. The van der Waals surface area contributed by atoms with Crippen LogP contribution in [0.25, 0.3) is 0 Å². The van der Waals surface area contributed by atoms with Crippen molar-refractivity contribution in [1.29, 1.82) is 0 Å². The number of para-hydroxylation sites is 2. The van der Waals surface area contributed by atoms with Gasteiger partial charge < -0.3 is 0 Å². The van der Waals surface area contributed by atoms with Gasteiger partial charge >= 0.3 is 0 Å². The molecule has 0 spiro atoms. The number of anilines is 2. The van der Waals surface area contributed by atoms with Crippen molar-refractivity contribution in [1.82, 2.24) is 0 Å². The smallest absolute Gasteiger partial charge is 0.228 e. The van der Waals surface area contributed by atoms with Gasteiger partial charge in [-0.25, -0.2) is 0 Å². The molecule has 3 aromatic rings. The van der Waals surface area contributed by atoms with E-state index in [0.29, 0.717) is 0 Å². The topological polar surface area (TPSA) is 6.25 Å². The Balaban J connectivity index is 1.83. The minimum absolute atomic E-state index is 0.809. The molecule has 0 bridgehead atoms. The first-order valence-corrected chi connectivity index (χ1v) is 8.33. The van der Waals surface area contributed by atoms with E-state index >= 15 is 0 Å². The molecule has 24 heavy (non-hydrogen) atoms. The van der Waals surface area contributed by atoms with Crippen LogP contribution in [0.4, 0.5) is 17.1 Å². The van der Waals surface area contributed by atoms with Gasteiger partial charge in [-0.2, -0.15) is 4.58 Å². The molecule has 2 nitrogen and oxygen atoms in total. The van der Waals surface area contributed by atoms with Crippen LogP contribution in [0.15, 0.2) is 72.8 Å². The number of hydrogen-bond donors (Lipinski definition) is 0. The van der Waals surface area contributed by atoms with Gasteiger partial charge in [-0.15, -0.1) is 0 Å².